The Bertz CT molecular complexity index is 340. The number of rotatable bonds is 3. The third kappa shape index (κ3) is 4.70. The SMILES string of the molecule is CC(C)(C)C1CCC(C(=O)NCC2CCCCC2O)CC1. The fourth-order valence-corrected chi connectivity index (χ4v) is 4.02. The van der Waals surface area contributed by atoms with Gasteiger partial charge in [0.1, 0.15) is 0 Å². The summed E-state index contributed by atoms with van der Waals surface area (Å²) in [5.74, 6) is 1.44. The van der Waals surface area contributed by atoms with E-state index in [4.69, 9.17) is 0 Å². The average molecular weight is 295 g/mol. The van der Waals surface area contributed by atoms with E-state index in [2.05, 4.69) is 26.1 Å². The number of aliphatic hydroxyl groups excluding tert-OH is 1. The van der Waals surface area contributed by atoms with Crippen LogP contribution in [0.4, 0.5) is 0 Å². The van der Waals surface area contributed by atoms with Crippen LogP contribution in [0.2, 0.25) is 0 Å². The van der Waals surface area contributed by atoms with Crippen LogP contribution in [-0.2, 0) is 4.79 Å². The maximum Gasteiger partial charge on any atom is 0.223 e. The van der Waals surface area contributed by atoms with Gasteiger partial charge in [-0.15, -0.1) is 0 Å². The number of carbonyl (C=O) groups excluding carboxylic acids is 1. The van der Waals surface area contributed by atoms with E-state index >= 15 is 0 Å². The zero-order valence-corrected chi connectivity index (χ0v) is 14.0. The minimum atomic E-state index is -0.212. The van der Waals surface area contributed by atoms with E-state index in [1.165, 1.54) is 19.3 Å². The molecule has 2 aliphatic carbocycles. The van der Waals surface area contributed by atoms with Gasteiger partial charge < -0.3 is 10.4 Å². The molecular formula is C18H33NO2. The van der Waals surface area contributed by atoms with Crippen LogP contribution in [0, 0.1) is 23.2 Å². The van der Waals surface area contributed by atoms with Gasteiger partial charge in [-0.05, 0) is 49.9 Å². The fourth-order valence-electron chi connectivity index (χ4n) is 4.02. The number of hydrogen-bond acceptors (Lipinski definition) is 2. The predicted molar refractivity (Wildman–Crippen MR) is 85.9 cm³/mol. The zero-order chi connectivity index (χ0) is 15.5. The minimum absolute atomic E-state index is 0.198. The van der Waals surface area contributed by atoms with Crippen molar-refractivity contribution in [2.45, 2.75) is 78.2 Å². The van der Waals surface area contributed by atoms with Gasteiger partial charge in [0.2, 0.25) is 5.91 Å². The van der Waals surface area contributed by atoms with Gasteiger partial charge >= 0.3 is 0 Å². The van der Waals surface area contributed by atoms with Crippen molar-refractivity contribution in [3.05, 3.63) is 0 Å². The van der Waals surface area contributed by atoms with Gasteiger partial charge in [0, 0.05) is 18.4 Å². The maximum absolute atomic E-state index is 12.3. The average Bonchev–Trinajstić information content (AvgIpc) is 2.45. The van der Waals surface area contributed by atoms with Crippen LogP contribution in [0.1, 0.15) is 72.1 Å². The van der Waals surface area contributed by atoms with Crippen LogP contribution in [0.25, 0.3) is 0 Å². The molecule has 0 aromatic heterocycles. The molecule has 3 nitrogen and oxygen atoms in total. The first-order valence-corrected chi connectivity index (χ1v) is 8.83. The second kappa shape index (κ2) is 7.13. The molecule has 2 aliphatic rings. The normalized spacial score (nSPS) is 34.5. The van der Waals surface area contributed by atoms with E-state index in [9.17, 15) is 9.90 Å². The lowest BCUT2D eigenvalue weighted by atomic mass is 9.69. The van der Waals surface area contributed by atoms with Crippen molar-refractivity contribution in [1.82, 2.24) is 5.32 Å². The molecular weight excluding hydrogens is 262 g/mol. The Hall–Kier alpha value is -0.570. The van der Waals surface area contributed by atoms with Crippen molar-refractivity contribution in [2.75, 3.05) is 6.54 Å². The van der Waals surface area contributed by atoms with Crippen LogP contribution in [-0.4, -0.2) is 23.7 Å². The lowest BCUT2D eigenvalue weighted by Gasteiger charge is -2.36. The third-order valence-corrected chi connectivity index (χ3v) is 5.73. The number of nitrogens with one attached hydrogen (secondary N) is 1. The highest BCUT2D eigenvalue weighted by atomic mass is 16.3. The van der Waals surface area contributed by atoms with E-state index in [0.717, 1.165) is 38.0 Å². The summed E-state index contributed by atoms with van der Waals surface area (Å²) in [6.45, 7) is 7.59. The van der Waals surface area contributed by atoms with Crippen molar-refractivity contribution in [3.8, 4) is 0 Å². The molecule has 2 fully saturated rings. The summed E-state index contributed by atoms with van der Waals surface area (Å²) in [6.07, 6.45) is 8.46. The van der Waals surface area contributed by atoms with E-state index in [1.807, 2.05) is 0 Å². The molecule has 0 aromatic carbocycles. The zero-order valence-electron chi connectivity index (χ0n) is 14.0. The molecule has 2 atom stereocenters. The molecule has 21 heavy (non-hydrogen) atoms. The first-order chi connectivity index (χ1) is 9.88. The molecule has 0 spiro atoms. The van der Waals surface area contributed by atoms with Gasteiger partial charge in [-0.2, -0.15) is 0 Å². The van der Waals surface area contributed by atoms with Crippen molar-refractivity contribution in [2.24, 2.45) is 23.2 Å². The molecule has 0 bridgehead atoms. The van der Waals surface area contributed by atoms with Gasteiger partial charge in [0.25, 0.3) is 0 Å². The third-order valence-electron chi connectivity index (χ3n) is 5.73. The number of amides is 1. The molecule has 0 aliphatic heterocycles. The molecule has 3 heteroatoms. The largest absolute Gasteiger partial charge is 0.393 e. The van der Waals surface area contributed by atoms with Crippen molar-refractivity contribution in [1.29, 1.82) is 0 Å². The van der Waals surface area contributed by atoms with E-state index in [1.54, 1.807) is 0 Å². The molecule has 0 saturated heterocycles. The summed E-state index contributed by atoms with van der Waals surface area (Å²) < 4.78 is 0. The first kappa shape index (κ1) is 16.8. The molecule has 2 rings (SSSR count). The highest BCUT2D eigenvalue weighted by Gasteiger charge is 2.32. The minimum Gasteiger partial charge on any atom is -0.393 e. The monoisotopic (exact) mass is 295 g/mol. The molecule has 2 unspecified atom stereocenters. The number of aliphatic hydroxyl groups is 1. The van der Waals surface area contributed by atoms with E-state index < -0.39 is 0 Å². The van der Waals surface area contributed by atoms with Gasteiger partial charge in [0.05, 0.1) is 6.10 Å². The summed E-state index contributed by atoms with van der Waals surface area (Å²) in [4.78, 5) is 12.3. The van der Waals surface area contributed by atoms with Gasteiger partial charge in [0.15, 0.2) is 0 Å². The van der Waals surface area contributed by atoms with E-state index in [0.29, 0.717) is 12.0 Å². The summed E-state index contributed by atoms with van der Waals surface area (Å²) >= 11 is 0. The summed E-state index contributed by atoms with van der Waals surface area (Å²) in [5, 5.41) is 13.1. The second-order valence-electron chi connectivity index (χ2n) is 8.27. The number of hydrogen-bond donors (Lipinski definition) is 2. The van der Waals surface area contributed by atoms with Gasteiger partial charge in [-0.25, -0.2) is 0 Å². The summed E-state index contributed by atoms with van der Waals surface area (Å²) in [6, 6.07) is 0. The quantitative estimate of drug-likeness (QED) is 0.837. The Morgan fingerprint density at radius 1 is 1.05 bits per heavy atom. The van der Waals surface area contributed by atoms with Crippen LogP contribution >= 0.6 is 0 Å². The van der Waals surface area contributed by atoms with Crippen LogP contribution in [0.3, 0.4) is 0 Å². The van der Waals surface area contributed by atoms with Crippen molar-refractivity contribution >= 4 is 5.91 Å². The molecule has 0 heterocycles. The topological polar surface area (TPSA) is 49.3 Å². The molecule has 2 saturated carbocycles. The second-order valence-corrected chi connectivity index (χ2v) is 8.27. The Morgan fingerprint density at radius 2 is 1.67 bits per heavy atom. The molecule has 2 N–H and O–H groups in total. The Morgan fingerprint density at radius 3 is 2.24 bits per heavy atom. The lowest BCUT2D eigenvalue weighted by Crippen LogP contribution is -2.40. The Labute approximate surface area is 129 Å². The molecule has 1 amide bonds. The number of carbonyl (C=O) groups is 1. The van der Waals surface area contributed by atoms with Crippen LogP contribution < -0.4 is 5.32 Å². The summed E-state index contributed by atoms with van der Waals surface area (Å²) in [7, 11) is 0. The summed E-state index contributed by atoms with van der Waals surface area (Å²) in [5.41, 5.74) is 0.369. The van der Waals surface area contributed by atoms with Crippen molar-refractivity contribution in [3.63, 3.8) is 0 Å². The van der Waals surface area contributed by atoms with Crippen LogP contribution in [0.15, 0.2) is 0 Å². The predicted octanol–water partition coefficient (Wildman–Crippen LogP) is 3.51. The smallest absolute Gasteiger partial charge is 0.223 e. The molecule has 122 valence electrons. The first-order valence-electron chi connectivity index (χ1n) is 8.83. The van der Waals surface area contributed by atoms with Crippen molar-refractivity contribution < 1.29 is 9.90 Å². The fraction of sp³-hybridized carbons (Fsp3) is 0.944. The van der Waals surface area contributed by atoms with Gasteiger partial charge in [-0.1, -0.05) is 33.6 Å². The Balaban J connectivity index is 1.72. The molecule has 0 radical (unpaired) electrons. The maximum atomic E-state index is 12.3. The standard InChI is InChI=1S/C18H33NO2/c1-18(2,3)15-10-8-13(9-11-15)17(21)19-12-14-6-4-5-7-16(14)20/h13-16,20H,4-12H2,1-3H3,(H,19,21). The lowest BCUT2D eigenvalue weighted by molar-refractivity contribution is -0.127. The van der Waals surface area contributed by atoms with E-state index in [-0.39, 0.29) is 23.8 Å². The Kier molecular flexibility index (Phi) is 5.70. The van der Waals surface area contributed by atoms with Crippen LogP contribution in [0.5, 0.6) is 0 Å². The van der Waals surface area contributed by atoms with Gasteiger partial charge in [-0.3, -0.25) is 4.79 Å². The highest BCUT2D eigenvalue weighted by Crippen LogP contribution is 2.39. The highest BCUT2D eigenvalue weighted by molar-refractivity contribution is 5.78. The molecule has 0 aromatic rings.